The number of aliphatic imine (C=N–C) groups is 1. The lowest BCUT2D eigenvalue weighted by atomic mass is 10.4. The van der Waals surface area contributed by atoms with Crippen LogP contribution in [-0.2, 0) is 0 Å². The molecule has 0 saturated carbocycles. The normalized spacial score (nSPS) is 26.3. The van der Waals surface area contributed by atoms with Crippen molar-refractivity contribution in [1.29, 1.82) is 0 Å². The summed E-state index contributed by atoms with van der Waals surface area (Å²) in [5.41, 5.74) is -0.734. The highest BCUT2D eigenvalue weighted by molar-refractivity contribution is 6.23. The van der Waals surface area contributed by atoms with Crippen LogP contribution < -0.4 is 5.32 Å². The number of nitrogens with zero attached hydrogens (tertiary/aromatic N) is 1. The second-order valence-electron chi connectivity index (χ2n) is 1.74. The second kappa shape index (κ2) is 2.35. The van der Waals surface area contributed by atoms with E-state index in [0.717, 1.165) is 6.20 Å². The SMILES string of the molecule is CC1=NC=C(F)C(Cl)N1. The van der Waals surface area contributed by atoms with Gasteiger partial charge in [0.05, 0.1) is 12.0 Å². The molecular formula is C5H6ClFN2. The molecule has 0 aromatic carbocycles. The third kappa shape index (κ3) is 1.42. The van der Waals surface area contributed by atoms with E-state index in [1.54, 1.807) is 6.92 Å². The number of alkyl halides is 1. The van der Waals surface area contributed by atoms with E-state index in [1.807, 2.05) is 0 Å². The number of nitrogens with one attached hydrogen (secondary N) is 1. The van der Waals surface area contributed by atoms with E-state index in [-0.39, 0.29) is 0 Å². The quantitative estimate of drug-likeness (QED) is 0.408. The van der Waals surface area contributed by atoms with Crippen molar-refractivity contribution in [3.63, 3.8) is 0 Å². The number of amidine groups is 1. The van der Waals surface area contributed by atoms with E-state index in [2.05, 4.69) is 10.3 Å². The third-order valence-electron chi connectivity index (χ3n) is 0.959. The van der Waals surface area contributed by atoms with Gasteiger partial charge in [0.2, 0.25) is 0 Å². The average Bonchev–Trinajstić information content (AvgIpc) is 1.80. The van der Waals surface area contributed by atoms with Crippen molar-refractivity contribution < 1.29 is 4.39 Å². The summed E-state index contributed by atoms with van der Waals surface area (Å²) in [5, 5.41) is 2.60. The molecule has 0 amide bonds. The molecular weight excluding hydrogens is 143 g/mol. The third-order valence-corrected chi connectivity index (χ3v) is 1.28. The smallest absolute Gasteiger partial charge is 0.156 e. The van der Waals surface area contributed by atoms with Crippen LogP contribution in [0.3, 0.4) is 0 Å². The van der Waals surface area contributed by atoms with E-state index < -0.39 is 11.3 Å². The van der Waals surface area contributed by atoms with Crippen LogP contribution in [0.4, 0.5) is 4.39 Å². The van der Waals surface area contributed by atoms with Crippen LogP contribution in [0.25, 0.3) is 0 Å². The van der Waals surface area contributed by atoms with Gasteiger partial charge in [-0.2, -0.15) is 0 Å². The van der Waals surface area contributed by atoms with Gasteiger partial charge in [-0.1, -0.05) is 11.6 Å². The number of hydrogen-bond acceptors (Lipinski definition) is 2. The van der Waals surface area contributed by atoms with Gasteiger partial charge in [-0.15, -0.1) is 0 Å². The van der Waals surface area contributed by atoms with Gasteiger partial charge in [-0.05, 0) is 6.92 Å². The molecule has 1 N–H and O–H groups in total. The first-order chi connectivity index (χ1) is 4.20. The molecule has 1 aliphatic heterocycles. The van der Waals surface area contributed by atoms with Gasteiger partial charge < -0.3 is 5.32 Å². The summed E-state index contributed by atoms with van der Waals surface area (Å²) in [4.78, 5) is 3.65. The number of halogens is 2. The summed E-state index contributed by atoms with van der Waals surface area (Å²) < 4.78 is 12.3. The molecule has 0 fully saturated rings. The molecule has 4 heteroatoms. The summed E-state index contributed by atoms with van der Waals surface area (Å²) in [6, 6.07) is 0. The summed E-state index contributed by atoms with van der Waals surface area (Å²) >= 11 is 5.43. The monoisotopic (exact) mass is 148 g/mol. The van der Waals surface area contributed by atoms with Crippen molar-refractivity contribution in [3.8, 4) is 0 Å². The Balaban J connectivity index is 2.74. The van der Waals surface area contributed by atoms with E-state index in [0.29, 0.717) is 5.84 Å². The summed E-state index contributed by atoms with van der Waals surface area (Å²) in [6.45, 7) is 1.72. The molecule has 0 saturated heterocycles. The number of hydrogen-bond donors (Lipinski definition) is 1. The van der Waals surface area contributed by atoms with Gasteiger partial charge in [0.15, 0.2) is 11.3 Å². The Hall–Kier alpha value is -0.570. The molecule has 0 aliphatic carbocycles. The van der Waals surface area contributed by atoms with Crippen molar-refractivity contribution in [2.45, 2.75) is 12.4 Å². The molecule has 0 bridgehead atoms. The molecule has 0 aromatic heterocycles. The maximum absolute atomic E-state index is 12.3. The van der Waals surface area contributed by atoms with Gasteiger partial charge in [0.1, 0.15) is 0 Å². The zero-order chi connectivity index (χ0) is 6.85. The van der Waals surface area contributed by atoms with E-state index in [1.165, 1.54) is 0 Å². The lowest BCUT2D eigenvalue weighted by molar-refractivity contribution is 0.572. The topological polar surface area (TPSA) is 24.4 Å². The van der Waals surface area contributed by atoms with Crippen LogP contribution in [0.1, 0.15) is 6.92 Å². The predicted molar refractivity (Wildman–Crippen MR) is 35.1 cm³/mol. The molecule has 1 rings (SSSR count). The van der Waals surface area contributed by atoms with Crippen molar-refractivity contribution in [3.05, 3.63) is 12.0 Å². The van der Waals surface area contributed by atoms with Crippen molar-refractivity contribution in [2.75, 3.05) is 0 Å². The largest absolute Gasteiger partial charge is 0.352 e. The molecule has 0 aromatic rings. The zero-order valence-electron chi connectivity index (χ0n) is 4.86. The minimum absolute atomic E-state index is 0.442. The first-order valence-electron chi connectivity index (χ1n) is 2.51. The Morgan fingerprint density at radius 3 is 3.00 bits per heavy atom. The molecule has 1 aliphatic rings. The molecule has 1 heterocycles. The first kappa shape index (κ1) is 6.55. The van der Waals surface area contributed by atoms with Crippen molar-refractivity contribution in [2.24, 2.45) is 4.99 Å². The van der Waals surface area contributed by atoms with Gasteiger partial charge in [-0.3, -0.25) is 0 Å². The molecule has 1 unspecified atom stereocenters. The molecule has 9 heavy (non-hydrogen) atoms. The van der Waals surface area contributed by atoms with Gasteiger partial charge in [-0.25, -0.2) is 9.38 Å². The second-order valence-corrected chi connectivity index (χ2v) is 2.17. The minimum Gasteiger partial charge on any atom is -0.352 e. The Morgan fingerprint density at radius 1 is 1.89 bits per heavy atom. The Morgan fingerprint density at radius 2 is 2.56 bits per heavy atom. The predicted octanol–water partition coefficient (Wildman–Crippen LogP) is 1.38. The van der Waals surface area contributed by atoms with Gasteiger partial charge in [0, 0.05) is 0 Å². The van der Waals surface area contributed by atoms with Crippen molar-refractivity contribution in [1.82, 2.24) is 5.32 Å². The molecule has 0 spiro atoms. The van der Waals surface area contributed by atoms with E-state index >= 15 is 0 Å². The van der Waals surface area contributed by atoms with Crippen LogP contribution >= 0.6 is 11.6 Å². The van der Waals surface area contributed by atoms with Crippen LogP contribution in [0, 0.1) is 0 Å². The van der Waals surface area contributed by atoms with E-state index in [4.69, 9.17) is 11.6 Å². The van der Waals surface area contributed by atoms with Gasteiger partial charge in [0.25, 0.3) is 0 Å². The highest BCUT2D eigenvalue weighted by Crippen LogP contribution is 2.11. The van der Waals surface area contributed by atoms with E-state index in [9.17, 15) is 4.39 Å². The molecule has 2 nitrogen and oxygen atoms in total. The Bertz CT molecular complexity index is 176. The Kier molecular flexibility index (Phi) is 1.71. The molecule has 0 radical (unpaired) electrons. The highest BCUT2D eigenvalue weighted by Gasteiger charge is 2.13. The maximum atomic E-state index is 12.3. The number of rotatable bonds is 0. The fourth-order valence-electron chi connectivity index (χ4n) is 0.514. The first-order valence-corrected chi connectivity index (χ1v) is 2.94. The van der Waals surface area contributed by atoms with Crippen LogP contribution in [-0.4, -0.2) is 11.3 Å². The van der Waals surface area contributed by atoms with Crippen LogP contribution in [0.2, 0.25) is 0 Å². The summed E-state index contributed by atoms with van der Waals surface area (Å²) in [6.07, 6.45) is 1.11. The summed E-state index contributed by atoms with van der Waals surface area (Å²) in [5.74, 6) is 0.193. The lowest BCUT2D eigenvalue weighted by Gasteiger charge is -2.13. The molecule has 1 atom stereocenters. The van der Waals surface area contributed by atoms with Crippen LogP contribution in [0.5, 0.6) is 0 Å². The fourth-order valence-corrected chi connectivity index (χ4v) is 0.728. The average molecular weight is 149 g/mol. The minimum atomic E-state index is -0.734. The standard InChI is InChI=1S/C5H6ClFN2/c1-3-8-2-4(7)5(6)9-3/h2,5H,1H3,(H,8,9). The van der Waals surface area contributed by atoms with Crippen molar-refractivity contribution >= 4 is 17.4 Å². The highest BCUT2D eigenvalue weighted by atomic mass is 35.5. The fraction of sp³-hybridized carbons (Fsp3) is 0.400. The van der Waals surface area contributed by atoms with Gasteiger partial charge >= 0.3 is 0 Å². The zero-order valence-corrected chi connectivity index (χ0v) is 5.61. The maximum Gasteiger partial charge on any atom is 0.156 e. The van der Waals surface area contributed by atoms with Crippen LogP contribution in [0.15, 0.2) is 17.0 Å². The summed E-state index contributed by atoms with van der Waals surface area (Å²) in [7, 11) is 0. The Labute approximate surface area is 57.4 Å². The molecule has 50 valence electrons. The lowest BCUT2D eigenvalue weighted by Crippen LogP contribution is -2.31.